The fourth-order valence-corrected chi connectivity index (χ4v) is 3.64. The van der Waals surface area contributed by atoms with E-state index in [1.807, 2.05) is 13.0 Å². The Balaban J connectivity index is 1.88. The van der Waals surface area contributed by atoms with Crippen LogP contribution in [-0.2, 0) is 10.1 Å². The number of nitrogens with zero attached hydrogens (tertiary/aromatic N) is 2. The lowest BCUT2D eigenvalue weighted by Crippen LogP contribution is -2.01. The molecule has 0 fully saturated rings. The third-order valence-electron chi connectivity index (χ3n) is 4.90. The van der Waals surface area contributed by atoms with Crippen molar-refractivity contribution < 1.29 is 22.4 Å². The first-order valence-corrected chi connectivity index (χ1v) is 12.8. The van der Waals surface area contributed by atoms with E-state index in [9.17, 15) is 8.42 Å². The minimum atomic E-state index is -4.22. The molecule has 8 heteroatoms. The molecule has 7 nitrogen and oxygen atoms in total. The standard InChI is InChI=1S/C24H34N2O5S/c1-3-5-6-7-8-9-10-11-18-31-23-17-14-21(19-24(23)30-4-2)26-25-20-12-15-22(16-13-20)32(27,28)29/h12-17,19H,3-11,18H2,1-2H3,(H,27,28,29). The van der Waals surface area contributed by atoms with Crippen LogP contribution < -0.4 is 9.47 Å². The predicted molar refractivity (Wildman–Crippen MR) is 126 cm³/mol. The summed E-state index contributed by atoms with van der Waals surface area (Å²) in [6.07, 6.45) is 9.99. The summed E-state index contributed by atoms with van der Waals surface area (Å²) >= 11 is 0. The van der Waals surface area contributed by atoms with Gasteiger partial charge in [0.25, 0.3) is 10.1 Å². The van der Waals surface area contributed by atoms with Crippen LogP contribution in [-0.4, -0.2) is 26.2 Å². The summed E-state index contributed by atoms with van der Waals surface area (Å²) in [5, 5.41) is 8.29. The Hall–Kier alpha value is -2.45. The molecule has 1 N–H and O–H groups in total. The van der Waals surface area contributed by atoms with Crippen molar-refractivity contribution in [1.82, 2.24) is 0 Å². The second-order valence-corrected chi connectivity index (χ2v) is 8.98. The van der Waals surface area contributed by atoms with E-state index in [0.29, 0.717) is 36.1 Å². The number of unbranched alkanes of at least 4 members (excludes halogenated alkanes) is 7. The topological polar surface area (TPSA) is 97.6 Å². The van der Waals surface area contributed by atoms with Crippen LogP contribution in [0.4, 0.5) is 11.4 Å². The summed E-state index contributed by atoms with van der Waals surface area (Å²) in [7, 11) is -4.22. The molecule has 176 valence electrons. The van der Waals surface area contributed by atoms with Gasteiger partial charge >= 0.3 is 0 Å². The highest BCUT2D eigenvalue weighted by molar-refractivity contribution is 7.85. The van der Waals surface area contributed by atoms with Crippen molar-refractivity contribution in [3.8, 4) is 11.5 Å². The normalized spacial score (nSPS) is 11.7. The molecule has 0 amide bonds. The lowest BCUT2D eigenvalue weighted by atomic mass is 10.1. The second-order valence-electron chi connectivity index (χ2n) is 7.56. The van der Waals surface area contributed by atoms with Crippen LogP contribution in [0.25, 0.3) is 0 Å². The van der Waals surface area contributed by atoms with Crippen LogP contribution in [0.1, 0.15) is 65.2 Å². The van der Waals surface area contributed by atoms with Crippen LogP contribution in [0.5, 0.6) is 11.5 Å². The molecule has 2 aromatic carbocycles. The van der Waals surface area contributed by atoms with Gasteiger partial charge in [0, 0.05) is 6.07 Å². The molecular formula is C24H34N2O5S. The zero-order chi connectivity index (χ0) is 23.2. The molecule has 0 heterocycles. The van der Waals surface area contributed by atoms with E-state index < -0.39 is 10.1 Å². The van der Waals surface area contributed by atoms with E-state index >= 15 is 0 Å². The number of ether oxygens (including phenoxy) is 2. The smallest absolute Gasteiger partial charge is 0.294 e. The van der Waals surface area contributed by atoms with Crippen molar-refractivity contribution in [2.24, 2.45) is 10.2 Å². The lowest BCUT2D eigenvalue weighted by molar-refractivity contribution is 0.270. The maximum atomic E-state index is 11.1. The average Bonchev–Trinajstić information content (AvgIpc) is 2.77. The molecule has 0 spiro atoms. The number of hydrogen-bond donors (Lipinski definition) is 1. The fourth-order valence-electron chi connectivity index (χ4n) is 3.16. The first-order valence-electron chi connectivity index (χ1n) is 11.3. The zero-order valence-corrected chi connectivity index (χ0v) is 19.8. The van der Waals surface area contributed by atoms with Gasteiger partial charge in [0.2, 0.25) is 0 Å². The van der Waals surface area contributed by atoms with E-state index in [4.69, 9.17) is 14.0 Å². The molecule has 0 aliphatic heterocycles. The maximum Gasteiger partial charge on any atom is 0.294 e. The Bertz CT molecular complexity index is 943. The van der Waals surface area contributed by atoms with Gasteiger partial charge < -0.3 is 9.47 Å². The van der Waals surface area contributed by atoms with E-state index in [1.54, 1.807) is 12.1 Å². The van der Waals surface area contributed by atoms with Crippen molar-refractivity contribution in [1.29, 1.82) is 0 Å². The predicted octanol–water partition coefficient (Wildman–Crippen LogP) is 7.27. The Morgan fingerprint density at radius 1 is 0.750 bits per heavy atom. The largest absolute Gasteiger partial charge is 0.490 e. The minimum absolute atomic E-state index is 0.187. The van der Waals surface area contributed by atoms with Crippen molar-refractivity contribution in [2.75, 3.05) is 13.2 Å². The number of rotatable bonds is 15. The highest BCUT2D eigenvalue weighted by Crippen LogP contribution is 2.33. The summed E-state index contributed by atoms with van der Waals surface area (Å²) in [6, 6.07) is 10.9. The quantitative estimate of drug-likeness (QED) is 0.170. The van der Waals surface area contributed by atoms with E-state index in [0.717, 1.165) is 6.42 Å². The van der Waals surface area contributed by atoms with Crippen molar-refractivity contribution in [3.63, 3.8) is 0 Å². The molecule has 0 unspecified atom stereocenters. The molecule has 0 aliphatic carbocycles. The molecule has 2 rings (SSSR count). The Morgan fingerprint density at radius 2 is 1.34 bits per heavy atom. The van der Waals surface area contributed by atoms with Gasteiger partial charge in [-0.2, -0.15) is 18.6 Å². The third-order valence-corrected chi connectivity index (χ3v) is 5.77. The Morgan fingerprint density at radius 3 is 1.97 bits per heavy atom. The maximum absolute atomic E-state index is 11.1. The van der Waals surface area contributed by atoms with Crippen LogP contribution in [0.15, 0.2) is 57.6 Å². The summed E-state index contributed by atoms with van der Waals surface area (Å²) < 4.78 is 42.9. The minimum Gasteiger partial charge on any atom is -0.490 e. The summed E-state index contributed by atoms with van der Waals surface area (Å²) in [5.74, 6) is 1.30. The van der Waals surface area contributed by atoms with E-state index in [2.05, 4.69) is 17.2 Å². The van der Waals surface area contributed by atoms with Gasteiger partial charge in [0.15, 0.2) is 11.5 Å². The van der Waals surface area contributed by atoms with E-state index in [1.165, 1.54) is 69.2 Å². The first-order chi connectivity index (χ1) is 15.4. The fraction of sp³-hybridized carbons (Fsp3) is 0.500. The lowest BCUT2D eigenvalue weighted by Gasteiger charge is -2.12. The van der Waals surface area contributed by atoms with Gasteiger partial charge in [-0.25, -0.2) is 0 Å². The highest BCUT2D eigenvalue weighted by Gasteiger charge is 2.09. The highest BCUT2D eigenvalue weighted by atomic mass is 32.2. The zero-order valence-electron chi connectivity index (χ0n) is 19.0. The third kappa shape index (κ3) is 9.36. The van der Waals surface area contributed by atoms with Gasteiger partial charge in [0.05, 0.1) is 29.5 Å². The molecule has 0 atom stereocenters. The van der Waals surface area contributed by atoms with Gasteiger partial charge in [-0.15, -0.1) is 0 Å². The summed E-state index contributed by atoms with van der Waals surface area (Å²) in [4.78, 5) is -0.187. The van der Waals surface area contributed by atoms with Gasteiger partial charge in [-0.3, -0.25) is 4.55 Å². The van der Waals surface area contributed by atoms with Crippen molar-refractivity contribution in [3.05, 3.63) is 42.5 Å². The summed E-state index contributed by atoms with van der Waals surface area (Å²) in [6.45, 7) is 5.30. The Kier molecular flexibility index (Phi) is 11.2. The number of benzene rings is 2. The van der Waals surface area contributed by atoms with Crippen LogP contribution in [0.2, 0.25) is 0 Å². The van der Waals surface area contributed by atoms with Gasteiger partial charge in [-0.1, -0.05) is 51.9 Å². The van der Waals surface area contributed by atoms with E-state index in [-0.39, 0.29) is 4.90 Å². The average molecular weight is 463 g/mol. The second kappa shape index (κ2) is 13.9. The van der Waals surface area contributed by atoms with Crippen LogP contribution in [0, 0.1) is 0 Å². The van der Waals surface area contributed by atoms with Crippen molar-refractivity contribution in [2.45, 2.75) is 70.1 Å². The SMILES string of the molecule is CCCCCCCCCCOc1ccc(N=Nc2ccc(S(=O)(=O)O)cc2)cc1OCC. The number of hydrogen-bond acceptors (Lipinski definition) is 6. The monoisotopic (exact) mass is 462 g/mol. The van der Waals surface area contributed by atoms with Gasteiger partial charge in [0.1, 0.15) is 0 Å². The molecule has 0 radical (unpaired) electrons. The first kappa shape index (κ1) is 25.8. The molecule has 0 aromatic heterocycles. The Labute approximate surface area is 191 Å². The molecule has 0 saturated heterocycles. The number of azo groups is 1. The van der Waals surface area contributed by atoms with Crippen LogP contribution >= 0.6 is 0 Å². The summed E-state index contributed by atoms with van der Waals surface area (Å²) in [5.41, 5.74) is 1.05. The van der Waals surface area contributed by atoms with Gasteiger partial charge in [-0.05, 0) is 49.7 Å². The molecule has 32 heavy (non-hydrogen) atoms. The molecule has 0 saturated carbocycles. The van der Waals surface area contributed by atoms with Crippen molar-refractivity contribution >= 4 is 21.5 Å². The molecule has 0 aliphatic rings. The molecular weight excluding hydrogens is 428 g/mol. The molecule has 2 aromatic rings. The molecule has 0 bridgehead atoms. The van der Waals surface area contributed by atoms with Crippen LogP contribution in [0.3, 0.4) is 0 Å².